The van der Waals surface area contributed by atoms with Gasteiger partial charge in [0.15, 0.2) is 0 Å². The van der Waals surface area contributed by atoms with E-state index in [4.69, 9.17) is 5.73 Å². The molecule has 3 N–H and O–H groups in total. The van der Waals surface area contributed by atoms with E-state index in [0.29, 0.717) is 0 Å². The Morgan fingerprint density at radius 1 is 1.29 bits per heavy atom. The molecule has 0 unspecified atom stereocenters. The van der Waals surface area contributed by atoms with Crippen LogP contribution in [0.15, 0.2) is 0 Å². The SMILES string of the molecule is CN(C)S(=O)(=O)N[C@@H]1CCCC[C@H]1N. The molecule has 0 radical (unpaired) electrons. The van der Waals surface area contributed by atoms with Crippen LogP contribution in [-0.4, -0.2) is 38.9 Å². The van der Waals surface area contributed by atoms with E-state index < -0.39 is 10.2 Å². The fourth-order valence-electron chi connectivity index (χ4n) is 1.60. The molecule has 0 aromatic heterocycles. The van der Waals surface area contributed by atoms with Crippen molar-refractivity contribution in [2.45, 2.75) is 37.8 Å². The van der Waals surface area contributed by atoms with Crippen LogP contribution in [0, 0.1) is 0 Å². The van der Waals surface area contributed by atoms with Gasteiger partial charge in [-0.2, -0.15) is 17.4 Å². The van der Waals surface area contributed by atoms with E-state index in [1.54, 1.807) is 0 Å². The maximum Gasteiger partial charge on any atom is 0.279 e. The lowest BCUT2D eigenvalue weighted by molar-refractivity contribution is 0.354. The maximum atomic E-state index is 11.5. The summed E-state index contributed by atoms with van der Waals surface area (Å²) in [5.74, 6) is 0. The molecular weight excluding hydrogens is 202 g/mol. The van der Waals surface area contributed by atoms with Crippen molar-refractivity contribution in [2.24, 2.45) is 5.73 Å². The number of hydrogen-bond donors (Lipinski definition) is 2. The highest BCUT2D eigenvalue weighted by molar-refractivity contribution is 7.87. The highest BCUT2D eigenvalue weighted by Crippen LogP contribution is 2.17. The normalized spacial score (nSPS) is 29.4. The zero-order valence-electron chi connectivity index (χ0n) is 8.73. The summed E-state index contributed by atoms with van der Waals surface area (Å²) in [5.41, 5.74) is 5.84. The van der Waals surface area contributed by atoms with Crippen molar-refractivity contribution in [1.82, 2.24) is 9.03 Å². The van der Waals surface area contributed by atoms with E-state index in [1.165, 1.54) is 18.4 Å². The summed E-state index contributed by atoms with van der Waals surface area (Å²) in [6.07, 6.45) is 3.89. The van der Waals surface area contributed by atoms with Crippen LogP contribution < -0.4 is 10.5 Å². The van der Waals surface area contributed by atoms with Gasteiger partial charge >= 0.3 is 0 Å². The van der Waals surface area contributed by atoms with Crippen molar-refractivity contribution in [3.8, 4) is 0 Å². The number of rotatable bonds is 3. The first-order valence-electron chi connectivity index (χ1n) is 4.89. The molecule has 0 aliphatic heterocycles. The zero-order chi connectivity index (χ0) is 10.8. The second-order valence-electron chi connectivity index (χ2n) is 3.96. The molecule has 0 saturated heterocycles. The molecule has 2 atom stereocenters. The molecule has 1 rings (SSSR count). The number of nitrogens with two attached hydrogens (primary N) is 1. The van der Waals surface area contributed by atoms with E-state index in [1.807, 2.05) is 0 Å². The number of nitrogens with zero attached hydrogens (tertiary/aromatic N) is 1. The van der Waals surface area contributed by atoms with Crippen molar-refractivity contribution in [2.75, 3.05) is 14.1 Å². The minimum absolute atomic E-state index is 0.0431. The number of hydrogen-bond acceptors (Lipinski definition) is 3. The summed E-state index contributed by atoms with van der Waals surface area (Å²) < 4.78 is 26.8. The van der Waals surface area contributed by atoms with Gasteiger partial charge in [-0.05, 0) is 12.8 Å². The van der Waals surface area contributed by atoms with Gasteiger partial charge in [0, 0.05) is 26.2 Å². The van der Waals surface area contributed by atoms with Crippen LogP contribution in [0.2, 0.25) is 0 Å². The van der Waals surface area contributed by atoms with E-state index >= 15 is 0 Å². The van der Waals surface area contributed by atoms with Crippen LogP contribution >= 0.6 is 0 Å². The van der Waals surface area contributed by atoms with Gasteiger partial charge in [-0.25, -0.2) is 0 Å². The average Bonchev–Trinajstić information content (AvgIpc) is 2.08. The Morgan fingerprint density at radius 3 is 2.36 bits per heavy atom. The fraction of sp³-hybridized carbons (Fsp3) is 1.00. The molecule has 0 aromatic rings. The Kier molecular flexibility index (Phi) is 3.88. The predicted molar refractivity (Wildman–Crippen MR) is 56.0 cm³/mol. The van der Waals surface area contributed by atoms with E-state index in [-0.39, 0.29) is 12.1 Å². The lowest BCUT2D eigenvalue weighted by Gasteiger charge is -2.29. The number of nitrogens with one attached hydrogen (secondary N) is 1. The van der Waals surface area contributed by atoms with Gasteiger partial charge in [0.2, 0.25) is 0 Å². The average molecular weight is 221 g/mol. The van der Waals surface area contributed by atoms with Crippen LogP contribution in [0.25, 0.3) is 0 Å². The van der Waals surface area contributed by atoms with Crippen molar-refractivity contribution in [1.29, 1.82) is 0 Å². The summed E-state index contributed by atoms with van der Waals surface area (Å²) in [5, 5.41) is 0. The summed E-state index contributed by atoms with van der Waals surface area (Å²) in [6, 6.07) is -0.144. The Bertz CT molecular complexity index is 276. The first-order chi connectivity index (χ1) is 6.43. The predicted octanol–water partition coefficient (Wildman–Crippen LogP) is -0.348. The fourth-order valence-corrected chi connectivity index (χ4v) is 2.49. The molecule has 14 heavy (non-hydrogen) atoms. The summed E-state index contributed by atoms with van der Waals surface area (Å²) >= 11 is 0. The molecular formula is C8H19N3O2S. The minimum atomic E-state index is -3.33. The molecule has 84 valence electrons. The lowest BCUT2D eigenvalue weighted by atomic mass is 9.92. The summed E-state index contributed by atoms with van der Waals surface area (Å²) in [6.45, 7) is 0. The lowest BCUT2D eigenvalue weighted by Crippen LogP contribution is -2.51. The Morgan fingerprint density at radius 2 is 1.86 bits per heavy atom. The monoisotopic (exact) mass is 221 g/mol. The molecule has 0 spiro atoms. The van der Waals surface area contributed by atoms with Gasteiger partial charge in [0.25, 0.3) is 10.2 Å². The smallest absolute Gasteiger partial charge is 0.279 e. The van der Waals surface area contributed by atoms with Crippen molar-refractivity contribution in [3.05, 3.63) is 0 Å². The quantitative estimate of drug-likeness (QED) is 0.684. The van der Waals surface area contributed by atoms with Gasteiger partial charge < -0.3 is 5.73 Å². The first kappa shape index (κ1) is 11.9. The second kappa shape index (κ2) is 4.57. The third-order valence-corrected chi connectivity index (χ3v) is 4.16. The molecule has 0 heterocycles. The minimum Gasteiger partial charge on any atom is -0.326 e. The largest absolute Gasteiger partial charge is 0.326 e. The molecule has 0 aromatic carbocycles. The topological polar surface area (TPSA) is 75.4 Å². The third-order valence-electron chi connectivity index (χ3n) is 2.60. The van der Waals surface area contributed by atoms with Gasteiger partial charge in [0.05, 0.1) is 0 Å². The highest BCUT2D eigenvalue weighted by atomic mass is 32.2. The molecule has 0 amide bonds. The summed E-state index contributed by atoms with van der Waals surface area (Å²) in [7, 11) is -0.306. The summed E-state index contributed by atoms with van der Waals surface area (Å²) in [4.78, 5) is 0. The third kappa shape index (κ3) is 2.91. The van der Waals surface area contributed by atoms with Crippen LogP contribution in [0.4, 0.5) is 0 Å². The van der Waals surface area contributed by atoms with Gasteiger partial charge in [-0.1, -0.05) is 12.8 Å². The molecule has 0 bridgehead atoms. The first-order valence-corrected chi connectivity index (χ1v) is 6.33. The van der Waals surface area contributed by atoms with Crippen molar-refractivity contribution >= 4 is 10.2 Å². The molecule has 1 saturated carbocycles. The van der Waals surface area contributed by atoms with Crippen LogP contribution in [0.1, 0.15) is 25.7 Å². The van der Waals surface area contributed by atoms with Crippen LogP contribution in [-0.2, 0) is 10.2 Å². The Balaban J connectivity index is 2.58. The Hall–Kier alpha value is -0.170. The van der Waals surface area contributed by atoms with E-state index in [9.17, 15) is 8.42 Å². The highest BCUT2D eigenvalue weighted by Gasteiger charge is 2.26. The van der Waals surface area contributed by atoms with E-state index in [2.05, 4.69) is 4.72 Å². The molecule has 6 heteroatoms. The van der Waals surface area contributed by atoms with Crippen LogP contribution in [0.3, 0.4) is 0 Å². The van der Waals surface area contributed by atoms with Gasteiger partial charge in [0.1, 0.15) is 0 Å². The van der Waals surface area contributed by atoms with Gasteiger partial charge in [-0.15, -0.1) is 0 Å². The molecule has 1 aliphatic rings. The maximum absolute atomic E-state index is 11.5. The molecule has 1 aliphatic carbocycles. The molecule has 1 fully saturated rings. The van der Waals surface area contributed by atoms with Gasteiger partial charge in [-0.3, -0.25) is 0 Å². The van der Waals surface area contributed by atoms with Crippen molar-refractivity contribution < 1.29 is 8.42 Å². The Labute approximate surface area is 85.8 Å². The van der Waals surface area contributed by atoms with Crippen molar-refractivity contribution in [3.63, 3.8) is 0 Å². The van der Waals surface area contributed by atoms with Crippen LogP contribution in [0.5, 0.6) is 0 Å². The zero-order valence-corrected chi connectivity index (χ0v) is 9.55. The molecule has 5 nitrogen and oxygen atoms in total. The second-order valence-corrected chi connectivity index (χ2v) is 5.88. The standard InChI is InChI=1S/C8H19N3O2S/c1-11(2)14(12,13)10-8-6-4-3-5-7(8)9/h7-8,10H,3-6,9H2,1-2H3/t7-,8-/m1/s1. The van der Waals surface area contributed by atoms with E-state index in [0.717, 1.165) is 25.7 Å².